The maximum atomic E-state index is 6.30. The number of hydrogen-bond donors (Lipinski definition) is 1. The van der Waals surface area contributed by atoms with Gasteiger partial charge in [0, 0.05) is 12.8 Å². The lowest BCUT2D eigenvalue weighted by atomic mass is 10.0. The van der Waals surface area contributed by atoms with Crippen molar-refractivity contribution in [3.05, 3.63) is 28.0 Å². The first-order valence-electron chi connectivity index (χ1n) is 7.86. The lowest BCUT2D eigenvalue weighted by Crippen LogP contribution is -2.23. The normalized spacial score (nSPS) is 19.9. The molecular weight excluding hydrogens is 307 g/mol. The highest BCUT2D eigenvalue weighted by molar-refractivity contribution is 6.34. The van der Waals surface area contributed by atoms with E-state index in [2.05, 4.69) is 17.2 Å². The zero-order valence-corrected chi connectivity index (χ0v) is 14.1. The summed E-state index contributed by atoms with van der Waals surface area (Å²) < 4.78 is 5.68. The van der Waals surface area contributed by atoms with E-state index in [0.717, 1.165) is 44.5 Å². The molecule has 2 rings (SSSR count). The Bertz CT molecular complexity index is 436. The molecule has 1 saturated heterocycles. The molecule has 1 aliphatic heterocycles. The van der Waals surface area contributed by atoms with Gasteiger partial charge in [-0.3, -0.25) is 4.98 Å². The van der Waals surface area contributed by atoms with Crippen molar-refractivity contribution >= 4 is 23.2 Å². The van der Waals surface area contributed by atoms with E-state index in [9.17, 15) is 0 Å². The molecule has 1 aromatic heterocycles. The van der Waals surface area contributed by atoms with E-state index in [1.807, 2.05) is 0 Å². The number of nitrogens with zero attached hydrogens (tertiary/aromatic N) is 1. The second kappa shape index (κ2) is 8.94. The van der Waals surface area contributed by atoms with Crippen LogP contribution >= 0.6 is 23.2 Å². The van der Waals surface area contributed by atoms with Crippen LogP contribution in [0.25, 0.3) is 0 Å². The number of halogens is 2. The van der Waals surface area contributed by atoms with Crippen molar-refractivity contribution in [1.82, 2.24) is 10.3 Å². The van der Waals surface area contributed by atoms with Crippen molar-refractivity contribution in [1.29, 1.82) is 0 Å². The first-order chi connectivity index (χ1) is 10.2. The SMILES string of the molecule is CCCNC(CCCC1CCCO1)c1ncc(Cl)cc1Cl. The van der Waals surface area contributed by atoms with Gasteiger partial charge in [-0.1, -0.05) is 30.1 Å². The molecule has 0 spiro atoms. The summed E-state index contributed by atoms with van der Waals surface area (Å²) in [5.74, 6) is 0. The lowest BCUT2D eigenvalue weighted by molar-refractivity contribution is 0.101. The van der Waals surface area contributed by atoms with Gasteiger partial charge in [0.05, 0.1) is 27.9 Å². The summed E-state index contributed by atoms with van der Waals surface area (Å²) in [6, 6.07) is 1.96. The Labute approximate surface area is 137 Å². The van der Waals surface area contributed by atoms with Crippen molar-refractivity contribution in [2.75, 3.05) is 13.2 Å². The van der Waals surface area contributed by atoms with Gasteiger partial charge >= 0.3 is 0 Å². The predicted octanol–water partition coefficient (Wildman–Crippen LogP) is 4.78. The Hall–Kier alpha value is -0.350. The molecule has 0 saturated carbocycles. The molecule has 0 aromatic carbocycles. The first-order valence-corrected chi connectivity index (χ1v) is 8.62. The Balaban J connectivity index is 1.92. The maximum Gasteiger partial charge on any atom is 0.0760 e. The molecule has 118 valence electrons. The molecule has 21 heavy (non-hydrogen) atoms. The predicted molar refractivity (Wildman–Crippen MR) is 88.1 cm³/mol. The van der Waals surface area contributed by atoms with Crippen molar-refractivity contribution in [3.63, 3.8) is 0 Å². The summed E-state index contributed by atoms with van der Waals surface area (Å²) in [5, 5.41) is 4.77. The van der Waals surface area contributed by atoms with Crippen molar-refractivity contribution < 1.29 is 4.74 Å². The number of nitrogens with one attached hydrogen (secondary N) is 1. The zero-order chi connectivity index (χ0) is 15.1. The third-order valence-electron chi connectivity index (χ3n) is 3.85. The van der Waals surface area contributed by atoms with Gasteiger partial charge in [-0.2, -0.15) is 0 Å². The van der Waals surface area contributed by atoms with Crippen molar-refractivity contribution in [3.8, 4) is 0 Å². The van der Waals surface area contributed by atoms with Crippen molar-refractivity contribution in [2.24, 2.45) is 0 Å². The third-order valence-corrected chi connectivity index (χ3v) is 4.36. The van der Waals surface area contributed by atoms with E-state index in [0.29, 0.717) is 16.1 Å². The minimum Gasteiger partial charge on any atom is -0.378 e. The summed E-state index contributed by atoms with van der Waals surface area (Å²) in [7, 11) is 0. The van der Waals surface area contributed by atoms with E-state index < -0.39 is 0 Å². The van der Waals surface area contributed by atoms with Crippen LogP contribution in [0, 0.1) is 0 Å². The summed E-state index contributed by atoms with van der Waals surface area (Å²) in [4.78, 5) is 4.42. The fourth-order valence-corrected chi connectivity index (χ4v) is 3.27. The molecule has 0 bridgehead atoms. The number of aromatic nitrogens is 1. The fourth-order valence-electron chi connectivity index (χ4n) is 2.76. The van der Waals surface area contributed by atoms with Crippen LogP contribution < -0.4 is 5.32 Å². The molecule has 0 amide bonds. The Kier molecular flexibility index (Phi) is 7.24. The molecule has 5 heteroatoms. The molecule has 1 fully saturated rings. The number of ether oxygens (including phenoxy) is 1. The van der Waals surface area contributed by atoms with Crippen LogP contribution in [0.3, 0.4) is 0 Å². The highest BCUT2D eigenvalue weighted by Gasteiger charge is 2.19. The van der Waals surface area contributed by atoms with Gasteiger partial charge in [-0.05, 0) is 51.1 Å². The van der Waals surface area contributed by atoms with Crippen molar-refractivity contribution in [2.45, 2.75) is 57.6 Å². The summed E-state index contributed by atoms with van der Waals surface area (Å²) in [6.45, 7) is 4.05. The molecule has 2 atom stereocenters. The number of hydrogen-bond acceptors (Lipinski definition) is 3. The number of rotatable bonds is 8. The minimum absolute atomic E-state index is 0.191. The highest BCUT2D eigenvalue weighted by atomic mass is 35.5. The molecule has 0 radical (unpaired) electrons. The monoisotopic (exact) mass is 330 g/mol. The number of pyridine rings is 1. The molecule has 3 nitrogen and oxygen atoms in total. The van der Waals surface area contributed by atoms with Gasteiger partial charge in [0.25, 0.3) is 0 Å². The Morgan fingerprint density at radius 2 is 2.33 bits per heavy atom. The minimum atomic E-state index is 0.191. The first kappa shape index (κ1) is 17.0. The summed E-state index contributed by atoms with van der Waals surface area (Å²) >= 11 is 12.2. The van der Waals surface area contributed by atoms with Gasteiger partial charge in [0.15, 0.2) is 0 Å². The molecular formula is C16H24Cl2N2O. The molecule has 1 aromatic rings. The highest BCUT2D eigenvalue weighted by Crippen LogP contribution is 2.28. The van der Waals surface area contributed by atoms with Crippen LogP contribution in [-0.4, -0.2) is 24.2 Å². The largest absolute Gasteiger partial charge is 0.378 e. The van der Waals surface area contributed by atoms with Crippen LogP contribution in [0.2, 0.25) is 10.0 Å². The van der Waals surface area contributed by atoms with Crippen LogP contribution in [0.1, 0.15) is 57.2 Å². The quantitative estimate of drug-likeness (QED) is 0.744. The third kappa shape index (κ3) is 5.41. The summed E-state index contributed by atoms with van der Waals surface area (Å²) in [5.41, 5.74) is 0.904. The zero-order valence-electron chi connectivity index (χ0n) is 12.6. The average Bonchev–Trinajstić information content (AvgIpc) is 2.96. The molecule has 0 aliphatic carbocycles. The van der Waals surface area contributed by atoms with E-state index in [4.69, 9.17) is 27.9 Å². The second-order valence-corrected chi connectivity index (χ2v) is 6.44. The smallest absolute Gasteiger partial charge is 0.0760 e. The maximum absolute atomic E-state index is 6.30. The standard InChI is InChI=1S/C16H24Cl2N2O/c1-2-8-19-15(7-3-5-13-6-4-9-21-13)16-14(18)10-12(17)11-20-16/h10-11,13,15,19H,2-9H2,1H3. The summed E-state index contributed by atoms with van der Waals surface area (Å²) in [6.07, 6.45) is 8.87. The molecule has 2 heterocycles. The van der Waals surface area contributed by atoms with Crippen LogP contribution in [0.5, 0.6) is 0 Å². The fraction of sp³-hybridized carbons (Fsp3) is 0.688. The van der Waals surface area contributed by atoms with Gasteiger partial charge in [0.2, 0.25) is 0 Å². The Morgan fingerprint density at radius 3 is 3.00 bits per heavy atom. The van der Waals surface area contributed by atoms with Gasteiger partial charge in [-0.25, -0.2) is 0 Å². The van der Waals surface area contributed by atoms with E-state index >= 15 is 0 Å². The molecule has 1 aliphatic rings. The van der Waals surface area contributed by atoms with Gasteiger partial charge < -0.3 is 10.1 Å². The van der Waals surface area contributed by atoms with Crippen LogP contribution in [0.4, 0.5) is 0 Å². The van der Waals surface area contributed by atoms with E-state index in [1.165, 1.54) is 12.8 Å². The molecule has 2 unspecified atom stereocenters. The second-order valence-electron chi connectivity index (χ2n) is 5.59. The van der Waals surface area contributed by atoms with E-state index in [-0.39, 0.29) is 6.04 Å². The Morgan fingerprint density at radius 1 is 1.48 bits per heavy atom. The van der Waals surface area contributed by atoms with Crippen LogP contribution in [0.15, 0.2) is 12.3 Å². The van der Waals surface area contributed by atoms with E-state index in [1.54, 1.807) is 12.3 Å². The topological polar surface area (TPSA) is 34.1 Å². The molecule has 1 N–H and O–H groups in total. The van der Waals surface area contributed by atoms with Gasteiger partial charge in [0.1, 0.15) is 0 Å². The lowest BCUT2D eigenvalue weighted by Gasteiger charge is -2.20. The van der Waals surface area contributed by atoms with Gasteiger partial charge in [-0.15, -0.1) is 0 Å². The average molecular weight is 331 g/mol. The van der Waals surface area contributed by atoms with Crippen LogP contribution in [-0.2, 0) is 4.74 Å².